The molecular formula is C10H10N2O. The molecule has 0 aliphatic rings. The van der Waals surface area contributed by atoms with Gasteiger partial charge >= 0.3 is 0 Å². The van der Waals surface area contributed by atoms with E-state index in [1.54, 1.807) is 0 Å². The number of carbonyl (C=O) groups excluding carboxylic acids is 1. The molecule has 1 aromatic heterocycles. The van der Waals surface area contributed by atoms with Crippen LogP contribution in [0, 0.1) is 6.92 Å². The molecule has 1 aromatic carbocycles. The van der Waals surface area contributed by atoms with E-state index in [4.69, 9.17) is 0 Å². The summed E-state index contributed by atoms with van der Waals surface area (Å²) >= 11 is 0. The highest BCUT2D eigenvalue weighted by molar-refractivity contribution is 6.05. The van der Waals surface area contributed by atoms with E-state index in [1.165, 1.54) is 6.92 Å². The number of aromatic nitrogens is 2. The number of aromatic amines is 1. The second-order valence-corrected chi connectivity index (χ2v) is 3.13. The summed E-state index contributed by atoms with van der Waals surface area (Å²) < 4.78 is 0. The van der Waals surface area contributed by atoms with Gasteiger partial charge in [-0.1, -0.05) is 12.1 Å². The molecule has 0 spiro atoms. The summed E-state index contributed by atoms with van der Waals surface area (Å²) in [7, 11) is 0. The Morgan fingerprint density at radius 1 is 1.46 bits per heavy atom. The number of hydrogen-bond donors (Lipinski definition) is 1. The maximum absolute atomic E-state index is 11.2. The van der Waals surface area contributed by atoms with E-state index >= 15 is 0 Å². The van der Waals surface area contributed by atoms with Crippen molar-refractivity contribution in [2.45, 2.75) is 13.8 Å². The van der Waals surface area contributed by atoms with Crippen molar-refractivity contribution in [3.05, 3.63) is 29.5 Å². The van der Waals surface area contributed by atoms with Crippen LogP contribution in [0.5, 0.6) is 0 Å². The van der Waals surface area contributed by atoms with Crippen molar-refractivity contribution in [2.24, 2.45) is 0 Å². The molecule has 1 N–H and O–H groups in total. The fraction of sp³-hybridized carbons (Fsp3) is 0.200. The Bertz CT molecular complexity index is 471. The average molecular weight is 174 g/mol. The monoisotopic (exact) mass is 174 g/mol. The highest BCUT2D eigenvalue weighted by Gasteiger charge is 2.10. The number of aryl methyl sites for hydroxylation is 1. The summed E-state index contributed by atoms with van der Waals surface area (Å²) in [6, 6.07) is 5.84. The van der Waals surface area contributed by atoms with E-state index in [0.29, 0.717) is 5.69 Å². The van der Waals surface area contributed by atoms with Crippen LogP contribution in [0.4, 0.5) is 0 Å². The van der Waals surface area contributed by atoms with Gasteiger partial charge in [0, 0.05) is 12.3 Å². The third-order valence-electron chi connectivity index (χ3n) is 2.13. The minimum Gasteiger partial charge on any atom is -0.293 e. The Morgan fingerprint density at radius 3 is 2.92 bits per heavy atom. The van der Waals surface area contributed by atoms with Gasteiger partial charge in [-0.15, -0.1) is 0 Å². The SMILES string of the molecule is CC(=O)c1n[nH]c2cccc(C)c12. The fourth-order valence-electron chi connectivity index (χ4n) is 1.50. The van der Waals surface area contributed by atoms with Crippen LogP contribution < -0.4 is 0 Å². The van der Waals surface area contributed by atoms with E-state index in [0.717, 1.165) is 16.5 Å². The molecular weight excluding hydrogens is 164 g/mol. The fourth-order valence-corrected chi connectivity index (χ4v) is 1.50. The zero-order valence-corrected chi connectivity index (χ0v) is 7.59. The zero-order chi connectivity index (χ0) is 9.42. The molecule has 3 heteroatoms. The van der Waals surface area contributed by atoms with Crippen LogP contribution in [0.3, 0.4) is 0 Å². The van der Waals surface area contributed by atoms with Crippen LogP contribution in [0.25, 0.3) is 10.9 Å². The number of carbonyl (C=O) groups is 1. The molecule has 1 heterocycles. The van der Waals surface area contributed by atoms with Crippen LogP contribution >= 0.6 is 0 Å². The molecule has 0 amide bonds. The molecule has 2 rings (SSSR count). The lowest BCUT2D eigenvalue weighted by Gasteiger charge is -1.95. The zero-order valence-electron chi connectivity index (χ0n) is 7.59. The molecule has 0 aliphatic heterocycles. The van der Waals surface area contributed by atoms with E-state index in [-0.39, 0.29) is 5.78 Å². The molecule has 3 nitrogen and oxygen atoms in total. The van der Waals surface area contributed by atoms with Crippen molar-refractivity contribution in [2.75, 3.05) is 0 Å². The number of nitrogens with zero attached hydrogens (tertiary/aromatic N) is 1. The number of fused-ring (bicyclic) bond motifs is 1. The van der Waals surface area contributed by atoms with Gasteiger partial charge in [0.1, 0.15) is 5.69 Å². The number of H-pyrrole nitrogens is 1. The molecule has 2 aromatic rings. The van der Waals surface area contributed by atoms with Gasteiger partial charge in [-0.2, -0.15) is 5.10 Å². The maximum atomic E-state index is 11.2. The lowest BCUT2D eigenvalue weighted by atomic mass is 10.1. The second kappa shape index (κ2) is 2.69. The van der Waals surface area contributed by atoms with Crippen molar-refractivity contribution >= 4 is 16.7 Å². The van der Waals surface area contributed by atoms with Crippen molar-refractivity contribution in [1.82, 2.24) is 10.2 Å². The molecule has 66 valence electrons. The number of rotatable bonds is 1. The van der Waals surface area contributed by atoms with Crippen LogP contribution in [-0.4, -0.2) is 16.0 Å². The minimum atomic E-state index is 0.000509. The van der Waals surface area contributed by atoms with Crippen molar-refractivity contribution in [3.8, 4) is 0 Å². The van der Waals surface area contributed by atoms with Gasteiger partial charge in [0.05, 0.1) is 5.52 Å². The Hall–Kier alpha value is -1.64. The Labute approximate surface area is 75.8 Å². The molecule has 0 aliphatic carbocycles. The number of hydrogen-bond acceptors (Lipinski definition) is 2. The van der Waals surface area contributed by atoms with Gasteiger partial charge < -0.3 is 0 Å². The van der Waals surface area contributed by atoms with Gasteiger partial charge in [-0.05, 0) is 18.6 Å². The smallest absolute Gasteiger partial charge is 0.180 e. The first-order valence-corrected chi connectivity index (χ1v) is 4.15. The van der Waals surface area contributed by atoms with Crippen molar-refractivity contribution < 1.29 is 4.79 Å². The predicted octanol–water partition coefficient (Wildman–Crippen LogP) is 2.07. The Kier molecular flexibility index (Phi) is 1.65. The molecule has 0 radical (unpaired) electrons. The molecule has 0 saturated heterocycles. The molecule has 0 atom stereocenters. The van der Waals surface area contributed by atoms with E-state index in [2.05, 4.69) is 10.2 Å². The lowest BCUT2D eigenvalue weighted by molar-refractivity contribution is 0.101. The van der Waals surface area contributed by atoms with Crippen LogP contribution in [0.15, 0.2) is 18.2 Å². The highest BCUT2D eigenvalue weighted by atomic mass is 16.1. The van der Waals surface area contributed by atoms with Gasteiger partial charge in [0.2, 0.25) is 0 Å². The van der Waals surface area contributed by atoms with Crippen molar-refractivity contribution in [1.29, 1.82) is 0 Å². The first kappa shape index (κ1) is 7.98. The van der Waals surface area contributed by atoms with Gasteiger partial charge in [-0.3, -0.25) is 9.89 Å². The van der Waals surface area contributed by atoms with Crippen molar-refractivity contribution in [3.63, 3.8) is 0 Å². The summed E-state index contributed by atoms with van der Waals surface area (Å²) in [4.78, 5) is 11.2. The Balaban J connectivity index is 2.86. The first-order valence-electron chi connectivity index (χ1n) is 4.15. The second-order valence-electron chi connectivity index (χ2n) is 3.13. The molecule has 0 bridgehead atoms. The highest BCUT2D eigenvalue weighted by Crippen LogP contribution is 2.19. The summed E-state index contributed by atoms with van der Waals surface area (Å²) in [6.07, 6.45) is 0. The molecule has 0 fully saturated rings. The summed E-state index contributed by atoms with van der Waals surface area (Å²) in [5.74, 6) is 0.000509. The summed E-state index contributed by atoms with van der Waals surface area (Å²) in [6.45, 7) is 3.51. The van der Waals surface area contributed by atoms with Crippen LogP contribution in [-0.2, 0) is 0 Å². The topological polar surface area (TPSA) is 45.8 Å². The maximum Gasteiger partial charge on any atom is 0.180 e. The summed E-state index contributed by atoms with van der Waals surface area (Å²) in [5.41, 5.74) is 2.54. The largest absolute Gasteiger partial charge is 0.293 e. The number of benzene rings is 1. The number of ketones is 1. The Morgan fingerprint density at radius 2 is 2.23 bits per heavy atom. The number of nitrogens with one attached hydrogen (secondary N) is 1. The first-order chi connectivity index (χ1) is 6.20. The summed E-state index contributed by atoms with van der Waals surface area (Å²) in [5, 5.41) is 7.76. The third kappa shape index (κ3) is 1.13. The quantitative estimate of drug-likeness (QED) is 0.673. The van der Waals surface area contributed by atoms with Gasteiger partial charge in [0.25, 0.3) is 0 Å². The van der Waals surface area contributed by atoms with E-state index < -0.39 is 0 Å². The average Bonchev–Trinajstić information content (AvgIpc) is 2.49. The number of Topliss-reactive ketones (excluding diaryl/α,β-unsaturated/α-hetero) is 1. The lowest BCUT2D eigenvalue weighted by Crippen LogP contribution is -1.93. The third-order valence-corrected chi connectivity index (χ3v) is 2.13. The van der Waals surface area contributed by atoms with Gasteiger partial charge in [-0.25, -0.2) is 0 Å². The van der Waals surface area contributed by atoms with E-state index in [9.17, 15) is 4.79 Å². The molecule has 0 saturated carbocycles. The minimum absolute atomic E-state index is 0.000509. The van der Waals surface area contributed by atoms with Gasteiger partial charge in [0.15, 0.2) is 5.78 Å². The predicted molar refractivity (Wildman–Crippen MR) is 50.8 cm³/mol. The standard InChI is InChI=1S/C10H10N2O/c1-6-4-3-5-8-9(6)10(7(2)13)12-11-8/h3-5H,1-2H3,(H,11,12). The van der Waals surface area contributed by atoms with Crippen LogP contribution in [0.1, 0.15) is 23.0 Å². The van der Waals surface area contributed by atoms with Crippen LogP contribution in [0.2, 0.25) is 0 Å². The molecule has 13 heavy (non-hydrogen) atoms. The molecule has 0 unspecified atom stereocenters. The van der Waals surface area contributed by atoms with E-state index in [1.807, 2.05) is 25.1 Å². The normalized spacial score (nSPS) is 10.6.